The first kappa shape index (κ1) is 19.2. The molecule has 152 valence electrons. The summed E-state index contributed by atoms with van der Waals surface area (Å²) in [4.78, 5) is 22.6. The van der Waals surface area contributed by atoms with Crippen LogP contribution < -0.4 is 10.1 Å². The van der Waals surface area contributed by atoms with E-state index in [0.29, 0.717) is 17.3 Å². The zero-order chi connectivity index (χ0) is 21.2. The normalized spacial score (nSPS) is 11.0. The molecule has 3 aromatic carbocycles. The van der Waals surface area contributed by atoms with Gasteiger partial charge in [0.2, 0.25) is 0 Å². The average molecular weight is 426 g/mol. The molecule has 5 rings (SSSR count). The van der Waals surface area contributed by atoms with Gasteiger partial charge in [-0.05, 0) is 37.3 Å². The van der Waals surface area contributed by atoms with Gasteiger partial charge in [0.25, 0.3) is 5.91 Å². The monoisotopic (exact) mass is 425 g/mol. The summed E-state index contributed by atoms with van der Waals surface area (Å²) in [7, 11) is 0. The van der Waals surface area contributed by atoms with Crippen molar-refractivity contribution in [2.75, 3.05) is 11.9 Å². The Morgan fingerprint density at radius 3 is 2.58 bits per heavy atom. The Kier molecular flexibility index (Phi) is 5.06. The van der Waals surface area contributed by atoms with Crippen LogP contribution >= 0.6 is 11.3 Å². The fraction of sp³-hybridized carbons (Fsp3) is 0.0800. The third-order valence-corrected chi connectivity index (χ3v) is 5.86. The molecule has 2 heterocycles. The third kappa shape index (κ3) is 3.85. The van der Waals surface area contributed by atoms with E-state index in [1.54, 1.807) is 0 Å². The number of para-hydroxylation sites is 1. The van der Waals surface area contributed by atoms with Crippen LogP contribution in [0.25, 0.3) is 32.4 Å². The summed E-state index contributed by atoms with van der Waals surface area (Å²) in [5, 5.41) is 4.33. The van der Waals surface area contributed by atoms with Crippen LogP contribution in [0.1, 0.15) is 17.3 Å². The molecule has 1 amide bonds. The fourth-order valence-corrected chi connectivity index (χ4v) is 4.39. The van der Waals surface area contributed by atoms with Crippen molar-refractivity contribution in [1.29, 1.82) is 0 Å². The molecule has 0 saturated heterocycles. The summed E-state index contributed by atoms with van der Waals surface area (Å²) in [5.74, 6) is 0.587. The van der Waals surface area contributed by atoms with Crippen molar-refractivity contribution >= 4 is 43.5 Å². The molecule has 31 heavy (non-hydrogen) atoms. The Morgan fingerprint density at radius 2 is 1.74 bits per heavy atom. The maximum atomic E-state index is 13.3. The van der Waals surface area contributed by atoms with Crippen LogP contribution in [0.3, 0.4) is 0 Å². The summed E-state index contributed by atoms with van der Waals surface area (Å²) >= 11 is 1.43. The summed E-state index contributed by atoms with van der Waals surface area (Å²) < 4.78 is 6.53. The molecule has 0 atom stereocenters. The Morgan fingerprint density at radius 1 is 0.935 bits per heavy atom. The topological polar surface area (TPSA) is 64.1 Å². The van der Waals surface area contributed by atoms with Crippen molar-refractivity contribution < 1.29 is 9.53 Å². The number of hydrogen-bond donors (Lipinski definition) is 1. The molecular formula is C25H19N3O2S. The molecule has 1 N–H and O–H groups in total. The summed E-state index contributed by atoms with van der Waals surface area (Å²) in [6.07, 6.45) is 0. The van der Waals surface area contributed by atoms with E-state index in [0.717, 1.165) is 38.1 Å². The highest BCUT2D eigenvalue weighted by molar-refractivity contribution is 7.22. The van der Waals surface area contributed by atoms with Crippen LogP contribution in [0, 0.1) is 0 Å². The molecule has 0 aliphatic heterocycles. The molecule has 0 saturated carbocycles. The van der Waals surface area contributed by atoms with Crippen LogP contribution in [-0.2, 0) is 0 Å². The molecular weight excluding hydrogens is 406 g/mol. The van der Waals surface area contributed by atoms with E-state index in [-0.39, 0.29) is 5.91 Å². The predicted molar refractivity (Wildman–Crippen MR) is 126 cm³/mol. The van der Waals surface area contributed by atoms with Gasteiger partial charge >= 0.3 is 0 Å². The van der Waals surface area contributed by atoms with Crippen LogP contribution in [-0.4, -0.2) is 22.5 Å². The van der Waals surface area contributed by atoms with Crippen LogP contribution in [0.5, 0.6) is 5.75 Å². The SMILES string of the molecule is CCOc1ccc2nc(NC(=O)c3cc(-c4ccccc4)nc4ccccc34)sc2c1. The lowest BCUT2D eigenvalue weighted by molar-refractivity contribution is 0.102. The van der Waals surface area contributed by atoms with E-state index in [9.17, 15) is 4.79 Å². The van der Waals surface area contributed by atoms with E-state index in [2.05, 4.69) is 10.3 Å². The number of pyridine rings is 1. The summed E-state index contributed by atoms with van der Waals surface area (Å²) in [5.41, 5.74) is 3.90. The van der Waals surface area contributed by atoms with Crippen molar-refractivity contribution in [1.82, 2.24) is 9.97 Å². The number of hydrogen-bond acceptors (Lipinski definition) is 5. The van der Waals surface area contributed by atoms with E-state index < -0.39 is 0 Å². The predicted octanol–water partition coefficient (Wildman–Crippen LogP) is 6.16. The van der Waals surface area contributed by atoms with Crippen LogP contribution in [0.2, 0.25) is 0 Å². The molecule has 5 nitrogen and oxygen atoms in total. The minimum atomic E-state index is -0.208. The Balaban J connectivity index is 1.53. The number of amides is 1. The molecule has 0 aliphatic rings. The number of ether oxygens (including phenoxy) is 1. The zero-order valence-corrected chi connectivity index (χ0v) is 17.6. The largest absolute Gasteiger partial charge is 0.494 e. The number of carbonyl (C=O) groups excluding carboxylic acids is 1. The maximum Gasteiger partial charge on any atom is 0.258 e. The highest BCUT2D eigenvalue weighted by atomic mass is 32.1. The molecule has 0 spiro atoms. The number of carbonyl (C=O) groups is 1. The number of thiazole rings is 1. The molecule has 2 aromatic heterocycles. The van der Waals surface area contributed by atoms with Crippen molar-refractivity contribution in [3.63, 3.8) is 0 Å². The van der Waals surface area contributed by atoms with Crippen molar-refractivity contribution in [2.24, 2.45) is 0 Å². The minimum absolute atomic E-state index is 0.208. The first-order chi connectivity index (χ1) is 15.2. The van der Waals surface area contributed by atoms with Gasteiger partial charge in [0.05, 0.1) is 33.6 Å². The number of rotatable bonds is 5. The average Bonchev–Trinajstić information content (AvgIpc) is 3.20. The lowest BCUT2D eigenvalue weighted by Crippen LogP contribution is -2.13. The maximum absolute atomic E-state index is 13.3. The van der Waals surface area contributed by atoms with Crippen LogP contribution in [0.4, 0.5) is 5.13 Å². The summed E-state index contributed by atoms with van der Waals surface area (Å²) in [6, 6.07) is 25.1. The second-order valence-corrected chi connectivity index (χ2v) is 8.00. The fourth-order valence-electron chi connectivity index (χ4n) is 3.50. The number of nitrogens with one attached hydrogen (secondary N) is 1. The third-order valence-electron chi connectivity index (χ3n) is 4.92. The van der Waals surface area contributed by atoms with Crippen molar-refractivity contribution in [2.45, 2.75) is 6.92 Å². The Bertz CT molecular complexity index is 1400. The van der Waals surface area contributed by atoms with E-state index in [1.165, 1.54) is 11.3 Å². The number of nitrogens with zero attached hydrogens (tertiary/aromatic N) is 2. The quantitative estimate of drug-likeness (QED) is 0.366. The Labute approximate surface area is 183 Å². The van der Waals surface area contributed by atoms with Gasteiger partial charge in [-0.2, -0.15) is 0 Å². The van der Waals surface area contributed by atoms with Gasteiger partial charge < -0.3 is 4.74 Å². The second kappa shape index (κ2) is 8.16. The highest BCUT2D eigenvalue weighted by Crippen LogP contribution is 2.31. The lowest BCUT2D eigenvalue weighted by atomic mass is 10.0. The lowest BCUT2D eigenvalue weighted by Gasteiger charge is -2.09. The number of benzene rings is 3. The van der Waals surface area contributed by atoms with Gasteiger partial charge in [-0.25, -0.2) is 9.97 Å². The van der Waals surface area contributed by atoms with Crippen molar-refractivity contribution in [3.05, 3.63) is 84.4 Å². The Hall–Kier alpha value is -3.77. The molecule has 0 fully saturated rings. The molecule has 0 radical (unpaired) electrons. The van der Waals surface area contributed by atoms with Gasteiger partial charge in [0.15, 0.2) is 5.13 Å². The van der Waals surface area contributed by atoms with Gasteiger partial charge in [0, 0.05) is 10.9 Å². The molecule has 0 unspecified atom stereocenters. The zero-order valence-electron chi connectivity index (χ0n) is 16.8. The van der Waals surface area contributed by atoms with Gasteiger partial charge in [-0.15, -0.1) is 0 Å². The second-order valence-electron chi connectivity index (χ2n) is 6.97. The van der Waals surface area contributed by atoms with Crippen LogP contribution in [0.15, 0.2) is 78.9 Å². The number of anilines is 1. The smallest absolute Gasteiger partial charge is 0.258 e. The van der Waals surface area contributed by atoms with Crippen molar-refractivity contribution in [3.8, 4) is 17.0 Å². The molecule has 0 bridgehead atoms. The van der Waals surface area contributed by atoms with E-state index in [1.807, 2.05) is 85.8 Å². The van der Waals surface area contributed by atoms with Gasteiger partial charge in [0.1, 0.15) is 5.75 Å². The highest BCUT2D eigenvalue weighted by Gasteiger charge is 2.16. The molecule has 6 heteroatoms. The van der Waals surface area contributed by atoms with Gasteiger partial charge in [-0.3, -0.25) is 10.1 Å². The van der Waals surface area contributed by atoms with E-state index in [4.69, 9.17) is 9.72 Å². The van der Waals surface area contributed by atoms with E-state index >= 15 is 0 Å². The molecule has 5 aromatic rings. The number of aromatic nitrogens is 2. The van der Waals surface area contributed by atoms with Gasteiger partial charge in [-0.1, -0.05) is 59.9 Å². The first-order valence-electron chi connectivity index (χ1n) is 10.0. The standard InChI is InChI=1S/C25H19N3O2S/c1-2-30-17-12-13-21-23(14-17)31-25(27-21)28-24(29)19-15-22(16-8-4-3-5-9-16)26-20-11-7-6-10-18(19)20/h3-15H,2H2,1H3,(H,27,28,29). The minimum Gasteiger partial charge on any atom is -0.494 e. The number of fused-ring (bicyclic) bond motifs is 2. The first-order valence-corrected chi connectivity index (χ1v) is 10.8. The molecule has 0 aliphatic carbocycles. The summed E-state index contributed by atoms with van der Waals surface area (Å²) in [6.45, 7) is 2.55.